The molecule has 2 aliphatic carbocycles. The van der Waals surface area contributed by atoms with Gasteiger partial charge in [-0.1, -0.05) is 0 Å². The highest BCUT2D eigenvalue weighted by molar-refractivity contribution is 5.02. The summed E-state index contributed by atoms with van der Waals surface area (Å²) in [7, 11) is 3.58. The Hall–Kier alpha value is -1.00. The molecule has 2 saturated carbocycles. The number of ether oxygens (including phenoxy) is 7. The zero-order valence-electron chi connectivity index (χ0n) is 35.1. The molecule has 24 N–H and O–H groups in total. The van der Waals surface area contributed by atoms with E-state index in [1.807, 2.05) is 9.80 Å². The van der Waals surface area contributed by atoms with Crippen LogP contribution in [0.2, 0.25) is 0 Å². The minimum atomic E-state index is -1.38. The van der Waals surface area contributed by atoms with Crippen molar-refractivity contribution in [3.63, 3.8) is 0 Å². The van der Waals surface area contributed by atoms with Crippen LogP contribution in [0.1, 0.15) is 12.8 Å². The van der Waals surface area contributed by atoms with Crippen molar-refractivity contribution >= 4 is 0 Å². The Balaban J connectivity index is 1.15. The molecule has 25 heteroatoms. The fourth-order valence-electron chi connectivity index (χ4n) is 8.13. The largest absolute Gasteiger partial charge is 0.389 e. The van der Waals surface area contributed by atoms with Gasteiger partial charge in [0.05, 0.1) is 62.9 Å². The van der Waals surface area contributed by atoms with Crippen LogP contribution in [0.15, 0.2) is 0 Å². The molecule has 61 heavy (non-hydrogen) atoms. The second kappa shape index (κ2) is 24.5. The molecule has 22 atom stereocenters. The van der Waals surface area contributed by atoms with Crippen LogP contribution in [0.4, 0.5) is 0 Å². The average Bonchev–Trinajstić information content (AvgIpc) is 3.21. The maximum atomic E-state index is 10.9. The lowest BCUT2D eigenvalue weighted by Gasteiger charge is -2.47. The van der Waals surface area contributed by atoms with E-state index in [-0.39, 0.29) is 52.2 Å². The van der Waals surface area contributed by atoms with E-state index in [9.17, 15) is 40.9 Å². The standard InChI is InChI=1S/C36H76N10O15/c1-45(11-15(47)13-56-33-25(49)17(39)7-19(41)31(33)60-35-23(43)29(53)27(51)21(9-37)58-35)3-5-55-6-4-46(2)12-16(48)14-57-34-26(50)18(40)8-20(42)32(34)61-36-24(44)30(54)28(52)22(10-38)59-36/h15-36,47-54H,3-14,37-44H2,1-2H3/t15-,16-,17-,18+,19+,20-,21-,22+,23-,24+,25+,26-,27-,28+,29-,30+,31-,32+,33?,34?,35-,36+/m0/s1. The third-order valence-electron chi connectivity index (χ3n) is 11.9. The van der Waals surface area contributed by atoms with Gasteiger partial charge < -0.3 is 130 Å². The monoisotopic (exact) mass is 889 g/mol. The number of rotatable bonds is 22. The molecule has 2 aliphatic heterocycles. The highest BCUT2D eigenvalue weighted by atomic mass is 16.7. The summed E-state index contributed by atoms with van der Waals surface area (Å²) in [5, 5.41) is 84.7. The second-order valence-electron chi connectivity index (χ2n) is 17.0. The maximum Gasteiger partial charge on any atom is 0.176 e. The normalized spacial score (nSPS) is 43.5. The molecule has 0 radical (unpaired) electrons. The molecule has 4 aliphatic rings. The fraction of sp³-hybridized carbons (Fsp3) is 1.00. The Bertz CT molecular complexity index is 1170. The van der Waals surface area contributed by atoms with Gasteiger partial charge >= 0.3 is 0 Å². The number of aliphatic hydroxyl groups is 8. The van der Waals surface area contributed by atoms with Gasteiger partial charge in [0.1, 0.15) is 61.0 Å². The topological polar surface area (TPSA) is 441 Å². The van der Waals surface area contributed by atoms with E-state index in [2.05, 4.69) is 0 Å². The molecule has 0 amide bonds. The molecule has 0 aromatic heterocycles. The molecule has 4 rings (SSSR count). The Morgan fingerprint density at radius 1 is 0.541 bits per heavy atom. The van der Waals surface area contributed by atoms with Crippen molar-refractivity contribution in [1.29, 1.82) is 0 Å². The lowest BCUT2D eigenvalue weighted by molar-refractivity contribution is -0.292. The molecule has 360 valence electrons. The highest BCUT2D eigenvalue weighted by Crippen LogP contribution is 2.30. The molecule has 25 nitrogen and oxygen atoms in total. The molecule has 2 unspecified atom stereocenters. The first-order chi connectivity index (χ1) is 28.8. The summed E-state index contributed by atoms with van der Waals surface area (Å²) in [5.41, 5.74) is 48.4. The summed E-state index contributed by atoms with van der Waals surface area (Å²) >= 11 is 0. The van der Waals surface area contributed by atoms with Crippen molar-refractivity contribution in [2.45, 2.75) is 147 Å². The van der Waals surface area contributed by atoms with Crippen molar-refractivity contribution in [3.05, 3.63) is 0 Å². The van der Waals surface area contributed by atoms with Gasteiger partial charge in [0, 0.05) is 63.4 Å². The Morgan fingerprint density at radius 2 is 0.902 bits per heavy atom. The molecule has 0 aromatic carbocycles. The summed E-state index contributed by atoms with van der Waals surface area (Å²) in [6.45, 7) is 1.34. The summed E-state index contributed by atoms with van der Waals surface area (Å²) in [6.07, 6.45) is -17.8. The van der Waals surface area contributed by atoms with Crippen LogP contribution in [-0.4, -0.2) is 265 Å². The van der Waals surface area contributed by atoms with Crippen LogP contribution in [0, 0.1) is 0 Å². The number of aliphatic hydroxyl groups excluding tert-OH is 8. The van der Waals surface area contributed by atoms with Gasteiger partial charge in [-0.05, 0) is 26.9 Å². The van der Waals surface area contributed by atoms with Gasteiger partial charge in [0.15, 0.2) is 12.6 Å². The van der Waals surface area contributed by atoms with Gasteiger partial charge in [0.2, 0.25) is 0 Å². The molecule has 2 saturated heterocycles. The van der Waals surface area contributed by atoms with Crippen LogP contribution in [0.25, 0.3) is 0 Å². The van der Waals surface area contributed by atoms with E-state index < -0.39 is 134 Å². The molecular weight excluding hydrogens is 812 g/mol. The first-order valence-electron chi connectivity index (χ1n) is 21.0. The molecule has 0 aromatic rings. The third-order valence-corrected chi connectivity index (χ3v) is 11.9. The van der Waals surface area contributed by atoms with Crippen LogP contribution in [0.5, 0.6) is 0 Å². The van der Waals surface area contributed by atoms with E-state index in [0.29, 0.717) is 26.3 Å². The van der Waals surface area contributed by atoms with Crippen LogP contribution in [-0.2, 0) is 33.2 Å². The van der Waals surface area contributed by atoms with E-state index >= 15 is 0 Å². The van der Waals surface area contributed by atoms with Crippen LogP contribution in [0.3, 0.4) is 0 Å². The lowest BCUT2D eigenvalue weighted by Crippen LogP contribution is -2.68. The summed E-state index contributed by atoms with van der Waals surface area (Å²) in [5.74, 6) is 0. The maximum absolute atomic E-state index is 10.9. The zero-order valence-corrected chi connectivity index (χ0v) is 35.1. The predicted molar refractivity (Wildman–Crippen MR) is 216 cm³/mol. The van der Waals surface area contributed by atoms with E-state index in [1.165, 1.54) is 0 Å². The average molecular weight is 889 g/mol. The van der Waals surface area contributed by atoms with Gasteiger partial charge in [-0.15, -0.1) is 0 Å². The number of nitrogens with zero attached hydrogens (tertiary/aromatic N) is 2. The first kappa shape index (κ1) is 52.6. The van der Waals surface area contributed by atoms with Crippen LogP contribution < -0.4 is 45.9 Å². The minimum absolute atomic E-state index is 0.107. The predicted octanol–water partition coefficient (Wildman–Crippen LogP) is -10.6. The smallest absolute Gasteiger partial charge is 0.176 e. The van der Waals surface area contributed by atoms with E-state index in [4.69, 9.17) is 79.0 Å². The quantitative estimate of drug-likeness (QED) is 0.0449. The van der Waals surface area contributed by atoms with Crippen molar-refractivity contribution in [2.24, 2.45) is 45.9 Å². The minimum Gasteiger partial charge on any atom is -0.389 e. The van der Waals surface area contributed by atoms with E-state index in [0.717, 1.165) is 0 Å². The Morgan fingerprint density at radius 3 is 1.25 bits per heavy atom. The summed E-state index contributed by atoms with van der Waals surface area (Å²) in [4.78, 5) is 3.67. The molecule has 4 fully saturated rings. The zero-order chi connectivity index (χ0) is 45.3. The number of likely N-dealkylation sites (N-methyl/N-ethyl adjacent to an activating group) is 2. The molecule has 0 spiro atoms. The van der Waals surface area contributed by atoms with Crippen molar-refractivity contribution < 1.29 is 74.0 Å². The first-order valence-corrected chi connectivity index (χ1v) is 21.0. The Kier molecular flexibility index (Phi) is 21.1. The van der Waals surface area contributed by atoms with Gasteiger partial charge in [-0.25, -0.2) is 0 Å². The molecule has 0 bridgehead atoms. The van der Waals surface area contributed by atoms with E-state index in [1.54, 1.807) is 14.1 Å². The van der Waals surface area contributed by atoms with Gasteiger partial charge in [0.25, 0.3) is 0 Å². The summed E-state index contributed by atoms with van der Waals surface area (Å²) in [6, 6.07) is -5.18. The highest BCUT2D eigenvalue weighted by Gasteiger charge is 2.50. The SMILES string of the molecule is CN(CCOCCN(C)C[C@H](O)COC1[C@@H](O)[C@H](N)C[C@H](N)[C@H]1O[C@H]1O[C@H](CN)[C@@H](O)[C@H](O)[C@H]1N)C[C@H](O)COC1[C@@H](O[C@@H]2O[C@@H](CN)[C@H](O)[C@@H](O)[C@@H]2N)[C@H](N)C[C@H](N)[C@H]1O. The number of hydrogen-bond acceptors (Lipinski definition) is 25. The molecule has 2 heterocycles. The van der Waals surface area contributed by atoms with Gasteiger partial charge in [-0.3, -0.25) is 0 Å². The summed E-state index contributed by atoms with van der Waals surface area (Å²) < 4.78 is 41.1. The van der Waals surface area contributed by atoms with Crippen LogP contribution >= 0.6 is 0 Å². The molecular formula is C36H76N10O15. The number of hydrogen-bond donors (Lipinski definition) is 16. The third kappa shape index (κ3) is 14.0. The van der Waals surface area contributed by atoms with Crippen molar-refractivity contribution in [2.75, 3.05) is 79.8 Å². The Labute approximate surface area is 356 Å². The fourth-order valence-corrected chi connectivity index (χ4v) is 8.13. The van der Waals surface area contributed by atoms with Gasteiger partial charge in [-0.2, -0.15) is 0 Å². The number of nitrogens with two attached hydrogens (primary N) is 8. The lowest BCUT2D eigenvalue weighted by atomic mass is 9.84. The van der Waals surface area contributed by atoms with Crippen molar-refractivity contribution in [3.8, 4) is 0 Å². The van der Waals surface area contributed by atoms with Crippen molar-refractivity contribution in [1.82, 2.24) is 9.80 Å². The second-order valence-corrected chi connectivity index (χ2v) is 17.0.